The van der Waals surface area contributed by atoms with E-state index in [-0.39, 0.29) is 6.10 Å². The Morgan fingerprint density at radius 1 is 1.50 bits per heavy atom. The highest BCUT2D eigenvalue weighted by atomic mass is 32.2. The molecule has 0 aromatic carbocycles. The van der Waals surface area contributed by atoms with Gasteiger partial charge in [0.2, 0.25) is 0 Å². The van der Waals surface area contributed by atoms with Crippen LogP contribution >= 0.6 is 0 Å². The highest BCUT2D eigenvalue weighted by Crippen LogP contribution is 2.33. The minimum absolute atomic E-state index is 0.0752. The fourth-order valence-corrected chi connectivity index (χ4v) is 2.26. The van der Waals surface area contributed by atoms with Gasteiger partial charge < -0.3 is 0 Å². The zero-order valence-corrected chi connectivity index (χ0v) is 8.43. The summed E-state index contributed by atoms with van der Waals surface area (Å²) in [5, 5.41) is 0. The van der Waals surface area contributed by atoms with E-state index in [4.69, 9.17) is 4.18 Å². The van der Waals surface area contributed by atoms with Crippen molar-refractivity contribution < 1.29 is 12.6 Å². The quantitative estimate of drug-likeness (QED) is 0.635. The summed E-state index contributed by atoms with van der Waals surface area (Å²) in [5.41, 5.74) is 0. The van der Waals surface area contributed by atoms with Crippen molar-refractivity contribution in [2.24, 2.45) is 5.92 Å². The van der Waals surface area contributed by atoms with Crippen molar-refractivity contribution in [2.45, 2.75) is 38.7 Å². The molecule has 0 radical (unpaired) electrons. The highest BCUT2D eigenvalue weighted by molar-refractivity contribution is 7.86. The molecular formula is C8H16O3S. The van der Waals surface area contributed by atoms with Crippen LogP contribution in [0.5, 0.6) is 0 Å². The van der Waals surface area contributed by atoms with Crippen LogP contribution < -0.4 is 0 Å². The van der Waals surface area contributed by atoms with Crippen LogP contribution in [0.4, 0.5) is 0 Å². The molecule has 0 bridgehead atoms. The lowest BCUT2D eigenvalue weighted by atomic mass is 9.80. The monoisotopic (exact) mass is 192 g/mol. The van der Waals surface area contributed by atoms with Crippen molar-refractivity contribution in [2.75, 3.05) is 6.26 Å². The summed E-state index contributed by atoms with van der Waals surface area (Å²) in [6, 6.07) is 0. The summed E-state index contributed by atoms with van der Waals surface area (Å²) < 4.78 is 26.6. The third kappa shape index (κ3) is 2.75. The van der Waals surface area contributed by atoms with E-state index in [0.717, 1.165) is 25.5 Å². The molecule has 3 nitrogen and oxygen atoms in total. The number of hydrogen-bond acceptors (Lipinski definition) is 3. The van der Waals surface area contributed by atoms with Gasteiger partial charge in [0.1, 0.15) is 0 Å². The maximum atomic E-state index is 10.8. The maximum absolute atomic E-state index is 10.8. The van der Waals surface area contributed by atoms with Crippen LogP contribution in [0.1, 0.15) is 32.6 Å². The first-order valence-electron chi connectivity index (χ1n) is 4.41. The molecule has 1 fully saturated rings. The fourth-order valence-electron chi connectivity index (χ4n) is 1.52. The average molecular weight is 192 g/mol. The summed E-state index contributed by atoms with van der Waals surface area (Å²) in [6.45, 7) is 1.97. The first kappa shape index (κ1) is 9.99. The molecule has 12 heavy (non-hydrogen) atoms. The Bertz CT molecular complexity index is 229. The van der Waals surface area contributed by atoms with Gasteiger partial charge in [0.05, 0.1) is 12.4 Å². The minimum atomic E-state index is -3.26. The standard InChI is InChI=1S/C8H16O3S/c1-3-8(7-5-4-6-7)11-12(2,9)10/h7-8H,3-6H2,1-2H3. The molecule has 0 aliphatic heterocycles. The molecule has 1 saturated carbocycles. The molecule has 0 spiro atoms. The lowest BCUT2D eigenvalue weighted by Crippen LogP contribution is -2.30. The van der Waals surface area contributed by atoms with Crippen molar-refractivity contribution in [3.05, 3.63) is 0 Å². The Morgan fingerprint density at radius 3 is 2.33 bits per heavy atom. The van der Waals surface area contributed by atoms with Crippen LogP contribution in [0.2, 0.25) is 0 Å². The molecule has 1 aliphatic rings. The van der Waals surface area contributed by atoms with E-state index in [1.165, 1.54) is 6.42 Å². The van der Waals surface area contributed by atoms with Crippen LogP contribution in [0, 0.1) is 5.92 Å². The second-order valence-electron chi connectivity index (χ2n) is 3.44. The predicted molar refractivity (Wildman–Crippen MR) is 47.3 cm³/mol. The van der Waals surface area contributed by atoms with Gasteiger partial charge in [0.15, 0.2) is 0 Å². The maximum Gasteiger partial charge on any atom is 0.264 e. The number of rotatable bonds is 4. The first-order valence-corrected chi connectivity index (χ1v) is 6.23. The van der Waals surface area contributed by atoms with Gasteiger partial charge in [0, 0.05) is 0 Å². The zero-order valence-electron chi connectivity index (χ0n) is 7.62. The molecule has 0 N–H and O–H groups in total. The van der Waals surface area contributed by atoms with Gasteiger partial charge in [-0.2, -0.15) is 8.42 Å². The largest absolute Gasteiger partial charge is 0.267 e. The van der Waals surface area contributed by atoms with E-state index in [0.29, 0.717) is 5.92 Å². The fraction of sp³-hybridized carbons (Fsp3) is 1.00. The highest BCUT2D eigenvalue weighted by Gasteiger charge is 2.29. The summed E-state index contributed by atoms with van der Waals surface area (Å²) >= 11 is 0. The third-order valence-corrected chi connectivity index (χ3v) is 2.97. The SMILES string of the molecule is CCC(OS(C)(=O)=O)C1CCC1. The molecule has 0 saturated heterocycles. The van der Waals surface area contributed by atoms with Crippen molar-refractivity contribution in [1.82, 2.24) is 0 Å². The molecule has 0 amide bonds. The molecule has 0 heterocycles. The van der Waals surface area contributed by atoms with Gasteiger partial charge in [-0.25, -0.2) is 0 Å². The smallest absolute Gasteiger partial charge is 0.264 e. The van der Waals surface area contributed by atoms with Crippen LogP contribution in [0.15, 0.2) is 0 Å². The summed E-state index contributed by atoms with van der Waals surface area (Å²) in [5.74, 6) is 0.477. The van der Waals surface area contributed by atoms with Gasteiger partial charge in [-0.05, 0) is 25.2 Å². The molecular weight excluding hydrogens is 176 g/mol. The van der Waals surface area contributed by atoms with Crippen LogP contribution in [0.25, 0.3) is 0 Å². The van der Waals surface area contributed by atoms with E-state index >= 15 is 0 Å². The topological polar surface area (TPSA) is 43.4 Å². The molecule has 0 aromatic heterocycles. The average Bonchev–Trinajstić information content (AvgIpc) is 1.79. The minimum Gasteiger partial charge on any atom is -0.267 e. The van der Waals surface area contributed by atoms with Gasteiger partial charge in [0.25, 0.3) is 10.1 Å². The van der Waals surface area contributed by atoms with Gasteiger partial charge >= 0.3 is 0 Å². The Hall–Kier alpha value is -0.0900. The molecule has 1 aliphatic carbocycles. The van der Waals surface area contributed by atoms with Gasteiger partial charge in [-0.3, -0.25) is 4.18 Å². The molecule has 72 valence electrons. The predicted octanol–water partition coefficient (Wildman–Crippen LogP) is 1.54. The Labute approximate surface area is 74.2 Å². The lowest BCUT2D eigenvalue weighted by Gasteiger charge is -2.31. The van der Waals surface area contributed by atoms with E-state index < -0.39 is 10.1 Å². The second kappa shape index (κ2) is 3.75. The molecule has 0 aromatic rings. The van der Waals surface area contributed by atoms with E-state index in [2.05, 4.69) is 0 Å². The van der Waals surface area contributed by atoms with Gasteiger partial charge in [-0.15, -0.1) is 0 Å². The molecule has 1 rings (SSSR count). The first-order chi connectivity index (χ1) is 5.53. The summed E-state index contributed by atoms with van der Waals surface area (Å²) in [7, 11) is -3.26. The zero-order chi connectivity index (χ0) is 9.19. The van der Waals surface area contributed by atoms with Crippen LogP contribution in [-0.2, 0) is 14.3 Å². The molecule has 1 atom stereocenters. The van der Waals surface area contributed by atoms with Crippen LogP contribution in [0.3, 0.4) is 0 Å². The Balaban J connectivity index is 2.45. The number of hydrogen-bond donors (Lipinski definition) is 0. The van der Waals surface area contributed by atoms with Crippen LogP contribution in [-0.4, -0.2) is 20.8 Å². The molecule has 4 heteroatoms. The van der Waals surface area contributed by atoms with Gasteiger partial charge in [-0.1, -0.05) is 13.3 Å². The summed E-state index contributed by atoms with van der Waals surface area (Å²) in [4.78, 5) is 0. The van der Waals surface area contributed by atoms with Crippen molar-refractivity contribution >= 4 is 10.1 Å². The van der Waals surface area contributed by atoms with Crippen molar-refractivity contribution in [3.8, 4) is 0 Å². The van der Waals surface area contributed by atoms with E-state index in [9.17, 15) is 8.42 Å². The van der Waals surface area contributed by atoms with E-state index in [1.807, 2.05) is 6.92 Å². The third-order valence-electron chi connectivity index (χ3n) is 2.38. The van der Waals surface area contributed by atoms with E-state index in [1.54, 1.807) is 0 Å². The van der Waals surface area contributed by atoms with Crippen molar-refractivity contribution in [1.29, 1.82) is 0 Å². The molecule has 1 unspecified atom stereocenters. The lowest BCUT2D eigenvalue weighted by molar-refractivity contribution is 0.0876. The second-order valence-corrected chi connectivity index (χ2v) is 5.04. The Morgan fingerprint density at radius 2 is 2.08 bits per heavy atom. The van der Waals surface area contributed by atoms with Crippen molar-refractivity contribution in [3.63, 3.8) is 0 Å². The Kier molecular flexibility index (Phi) is 3.12. The summed E-state index contributed by atoms with van der Waals surface area (Å²) in [6.07, 6.45) is 5.29. The normalized spacial score (nSPS) is 21.8.